The van der Waals surface area contributed by atoms with Gasteiger partial charge in [0.05, 0.1) is 27.6 Å². The summed E-state index contributed by atoms with van der Waals surface area (Å²) in [6.07, 6.45) is 5.73. The van der Waals surface area contributed by atoms with Gasteiger partial charge in [-0.15, -0.1) is 16.5 Å². The molecule has 1 aliphatic rings. The second-order valence-corrected chi connectivity index (χ2v) is 23.9. The monoisotopic (exact) mass is 553 g/mol. The number of thiophene rings is 1. The third-order valence-electron chi connectivity index (χ3n) is 8.44. The molecule has 8 heteroatoms. The summed E-state index contributed by atoms with van der Waals surface area (Å²) in [6, 6.07) is 8.73. The maximum atomic E-state index is 6.62. The van der Waals surface area contributed by atoms with Crippen LogP contribution in [0, 0.1) is 0 Å². The highest BCUT2D eigenvalue weighted by Gasteiger charge is 2.40. The minimum absolute atomic E-state index is 0.136. The largest absolute Gasteiger partial charge is 0.455 e. The molecule has 0 bridgehead atoms. The number of nitrogens with one attached hydrogen (secondary N) is 1. The van der Waals surface area contributed by atoms with Gasteiger partial charge < -0.3 is 14.3 Å². The number of rotatable bonds is 7. The maximum absolute atomic E-state index is 6.62. The molecule has 5 nitrogen and oxygen atoms in total. The second-order valence-electron chi connectivity index (χ2n) is 13.2. The summed E-state index contributed by atoms with van der Waals surface area (Å²) in [5, 5.41) is 9.92. The van der Waals surface area contributed by atoms with Gasteiger partial charge in [0.2, 0.25) is 0 Å². The first-order valence-corrected chi connectivity index (χ1v) is 19.9. The van der Waals surface area contributed by atoms with Crippen LogP contribution >= 0.6 is 11.3 Å². The smallest absolute Gasteiger partial charge is 0.286 e. The Labute approximate surface area is 228 Å². The summed E-state index contributed by atoms with van der Waals surface area (Å²) in [7, 11) is -3.79. The zero-order valence-electron chi connectivity index (χ0n) is 24.2. The van der Waals surface area contributed by atoms with Crippen molar-refractivity contribution < 1.29 is 8.95 Å². The number of hydrogen-bond acceptors (Lipinski definition) is 6. The lowest BCUT2D eigenvalue weighted by atomic mass is 10.1. The van der Waals surface area contributed by atoms with E-state index in [1.165, 1.54) is 26.1 Å². The van der Waals surface area contributed by atoms with E-state index in [9.17, 15) is 0 Å². The lowest BCUT2D eigenvalue weighted by molar-refractivity contribution is 0.280. The lowest BCUT2D eigenvalue weighted by Gasteiger charge is -2.36. The third-order valence-corrected chi connectivity index (χ3v) is 18.2. The molecule has 0 aliphatic heterocycles. The first-order chi connectivity index (χ1) is 17.1. The molecule has 4 rings (SSSR count). The number of anilines is 2. The fourth-order valence-electron chi connectivity index (χ4n) is 3.80. The average molecular weight is 554 g/mol. The fourth-order valence-corrected chi connectivity index (χ4v) is 6.49. The van der Waals surface area contributed by atoms with E-state index in [1.54, 1.807) is 11.3 Å². The summed E-state index contributed by atoms with van der Waals surface area (Å²) in [5.74, 6) is 0. The molecule has 2 heterocycles. The molecular weight excluding hydrogens is 511 g/mol. The average Bonchev–Trinajstić information content (AvgIpc) is 3.36. The van der Waals surface area contributed by atoms with Crippen molar-refractivity contribution in [2.45, 2.75) is 97.3 Å². The third kappa shape index (κ3) is 5.87. The van der Waals surface area contributed by atoms with Gasteiger partial charge in [-0.3, -0.25) is 4.98 Å². The van der Waals surface area contributed by atoms with Crippen molar-refractivity contribution in [1.82, 2.24) is 4.98 Å². The van der Waals surface area contributed by atoms with Crippen molar-refractivity contribution in [2.24, 2.45) is 5.16 Å². The Morgan fingerprint density at radius 2 is 1.68 bits per heavy atom. The van der Waals surface area contributed by atoms with E-state index in [0.29, 0.717) is 6.61 Å². The van der Waals surface area contributed by atoms with Crippen LogP contribution in [0.4, 0.5) is 11.4 Å². The molecule has 0 saturated heterocycles. The number of hydrogen-bond donors (Lipinski definition) is 1. The van der Waals surface area contributed by atoms with Crippen molar-refractivity contribution in [3.63, 3.8) is 0 Å². The number of nitrogens with zero attached hydrogens (tertiary/aromatic N) is 2. The van der Waals surface area contributed by atoms with E-state index in [-0.39, 0.29) is 10.1 Å². The van der Waals surface area contributed by atoms with Crippen LogP contribution in [0.2, 0.25) is 36.3 Å². The predicted molar refractivity (Wildman–Crippen MR) is 164 cm³/mol. The van der Waals surface area contributed by atoms with Crippen molar-refractivity contribution in [3.05, 3.63) is 52.7 Å². The quantitative estimate of drug-likeness (QED) is 0.234. The zero-order chi connectivity index (χ0) is 27.2. The molecule has 3 aromatic rings. The molecule has 0 fully saturated rings. The van der Waals surface area contributed by atoms with Crippen LogP contribution in [0.5, 0.6) is 0 Å². The normalized spacial score (nSPS) is 15.9. The molecule has 0 radical (unpaired) electrons. The minimum atomic E-state index is -1.93. The van der Waals surface area contributed by atoms with Gasteiger partial charge in [-0.25, -0.2) is 0 Å². The summed E-state index contributed by atoms with van der Waals surface area (Å²) in [6.45, 7) is 23.3. The van der Waals surface area contributed by atoms with E-state index in [2.05, 4.69) is 107 Å². The minimum Gasteiger partial charge on any atom is -0.455 e. The molecule has 37 heavy (non-hydrogen) atoms. The Kier molecular flexibility index (Phi) is 7.53. The molecule has 1 aliphatic carbocycles. The molecular formula is C29H43N3O2SSi2. The number of fused-ring (bicyclic) bond motifs is 2. The van der Waals surface area contributed by atoms with E-state index in [0.717, 1.165) is 29.9 Å². The molecule has 0 spiro atoms. The summed E-state index contributed by atoms with van der Waals surface area (Å²) >= 11 is 1.77. The molecule has 0 atom stereocenters. The number of benzene rings is 1. The highest BCUT2D eigenvalue weighted by atomic mass is 32.1. The summed E-state index contributed by atoms with van der Waals surface area (Å²) in [4.78, 5) is 5.58. The molecule has 1 aromatic carbocycles. The van der Waals surface area contributed by atoms with Crippen molar-refractivity contribution in [3.8, 4) is 0 Å². The van der Waals surface area contributed by atoms with Gasteiger partial charge in [0, 0.05) is 29.0 Å². The first kappa shape index (κ1) is 28.0. The Bertz CT molecular complexity index is 1320. The molecule has 200 valence electrons. The Hall–Kier alpha value is -2.01. The van der Waals surface area contributed by atoms with Gasteiger partial charge in [0.1, 0.15) is 0 Å². The highest BCUT2D eigenvalue weighted by Crippen LogP contribution is 2.42. The summed E-state index contributed by atoms with van der Waals surface area (Å²) < 4.78 is 14.0. The van der Waals surface area contributed by atoms with Gasteiger partial charge in [0.25, 0.3) is 8.32 Å². The van der Waals surface area contributed by atoms with Gasteiger partial charge in [-0.05, 0) is 72.9 Å². The van der Waals surface area contributed by atoms with E-state index in [1.807, 2.05) is 12.4 Å². The topological polar surface area (TPSA) is 55.7 Å². The first-order valence-electron chi connectivity index (χ1n) is 13.2. The predicted octanol–water partition coefficient (Wildman–Crippen LogP) is 9.23. The highest BCUT2D eigenvalue weighted by molar-refractivity contribution is 7.19. The van der Waals surface area contributed by atoms with Crippen LogP contribution in [-0.4, -0.2) is 27.3 Å². The summed E-state index contributed by atoms with van der Waals surface area (Å²) in [5.41, 5.74) is 5.83. The van der Waals surface area contributed by atoms with Crippen molar-refractivity contribution in [1.29, 1.82) is 0 Å². The van der Waals surface area contributed by atoms with Crippen molar-refractivity contribution >= 4 is 55.1 Å². The van der Waals surface area contributed by atoms with E-state index in [4.69, 9.17) is 8.95 Å². The number of pyridine rings is 1. The molecule has 0 saturated carbocycles. The van der Waals surface area contributed by atoms with E-state index < -0.39 is 16.6 Å². The molecule has 0 unspecified atom stereocenters. The Balaban J connectivity index is 1.59. The number of oxime groups is 1. The standard InChI is InChI=1S/C29H43N3O2SSi2/c1-28(2,3)36(7,8)33-19-26-27(23-15-16-30-18-25(23)35-26)31-21-12-13-22-20(17-21)11-14-24(22)32-34-37(9,10)29(4,5)6/h12-13,15-18,31H,11,14,19H2,1-10H3. The van der Waals surface area contributed by atoms with Crippen LogP contribution in [0.3, 0.4) is 0 Å². The van der Waals surface area contributed by atoms with Crippen LogP contribution < -0.4 is 5.32 Å². The van der Waals surface area contributed by atoms with E-state index >= 15 is 0 Å². The Morgan fingerprint density at radius 3 is 2.35 bits per heavy atom. The molecule has 0 amide bonds. The van der Waals surface area contributed by atoms with Crippen LogP contribution in [0.15, 0.2) is 41.8 Å². The molecule has 1 N–H and O–H groups in total. The fraction of sp³-hybridized carbons (Fsp3) is 0.517. The SMILES string of the molecule is CC(C)(C)[Si](C)(C)OCc1sc2cnccc2c1Nc1ccc2c(c1)CCC2=NO[Si](C)(C)C(C)(C)C. The zero-order valence-corrected chi connectivity index (χ0v) is 27.0. The van der Waals surface area contributed by atoms with Crippen LogP contribution in [0.1, 0.15) is 64.0 Å². The number of aryl methyl sites for hydroxylation is 1. The van der Waals surface area contributed by atoms with Crippen LogP contribution in [0.25, 0.3) is 10.1 Å². The maximum Gasteiger partial charge on any atom is 0.286 e. The van der Waals surface area contributed by atoms with Gasteiger partial charge >= 0.3 is 0 Å². The van der Waals surface area contributed by atoms with Gasteiger partial charge in [0.15, 0.2) is 8.32 Å². The second kappa shape index (κ2) is 9.95. The Morgan fingerprint density at radius 1 is 0.973 bits per heavy atom. The van der Waals surface area contributed by atoms with Gasteiger partial charge in [-0.1, -0.05) is 47.6 Å². The number of aromatic nitrogens is 1. The molecule has 2 aromatic heterocycles. The van der Waals surface area contributed by atoms with Crippen molar-refractivity contribution in [2.75, 3.05) is 5.32 Å². The lowest BCUT2D eigenvalue weighted by Crippen LogP contribution is -2.40. The van der Waals surface area contributed by atoms with Gasteiger partial charge in [-0.2, -0.15) is 0 Å². The van der Waals surface area contributed by atoms with Crippen LogP contribution in [-0.2, 0) is 22.0 Å².